The molecule has 2 aliphatic heterocycles. The lowest BCUT2D eigenvalue weighted by Gasteiger charge is -2.26. The minimum atomic E-state index is -0.159. The zero-order chi connectivity index (χ0) is 17.5. The van der Waals surface area contributed by atoms with Crippen LogP contribution in [0.5, 0.6) is 11.5 Å². The molecule has 6 nitrogen and oxygen atoms in total. The van der Waals surface area contributed by atoms with E-state index in [2.05, 4.69) is 10.3 Å². The molecule has 5 rings (SSSR count). The molecule has 0 amide bonds. The van der Waals surface area contributed by atoms with Crippen LogP contribution in [-0.2, 0) is 0 Å². The van der Waals surface area contributed by atoms with Crippen molar-refractivity contribution in [3.05, 3.63) is 72.4 Å². The first kappa shape index (κ1) is 15.2. The number of fused-ring (bicyclic) bond motifs is 1. The second kappa shape index (κ2) is 6.03. The highest BCUT2D eigenvalue weighted by Gasteiger charge is 2.42. The van der Waals surface area contributed by atoms with E-state index in [-0.39, 0.29) is 18.9 Å². The summed E-state index contributed by atoms with van der Waals surface area (Å²) in [5.74, 6) is 2.26. The Morgan fingerprint density at radius 2 is 2.00 bits per heavy atom. The summed E-state index contributed by atoms with van der Waals surface area (Å²) in [6.07, 6.45) is 3.45. The number of nitrogens with zero attached hydrogens (tertiary/aromatic N) is 2. The third-order valence-electron chi connectivity index (χ3n) is 4.57. The zero-order valence-corrected chi connectivity index (χ0v) is 14.5. The molecule has 2 atom stereocenters. The van der Waals surface area contributed by atoms with Crippen molar-refractivity contribution >= 4 is 23.0 Å². The molecule has 7 heteroatoms. The lowest BCUT2D eigenvalue weighted by molar-refractivity contribution is 0.174. The van der Waals surface area contributed by atoms with E-state index in [9.17, 15) is 0 Å². The Hall–Kier alpha value is -3.06. The van der Waals surface area contributed by atoms with Crippen molar-refractivity contribution in [1.29, 1.82) is 0 Å². The molecule has 1 N–H and O–H groups in total. The normalized spacial score (nSPS) is 21.1. The number of rotatable bonds is 3. The van der Waals surface area contributed by atoms with Gasteiger partial charge in [0.1, 0.15) is 11.8 Å². The van der Waals surface area contributed by atoms with Crippen LogP contribution in [-0.4, -0.2) is 16.9 Å². The van der Waals surface area contributed by atoms with Gasteiger partial charge in [-0.05, 0) is 48.6 Å². The third-order valence-corrected chi connectivity index (χ3v) is 4.88. The maximum atomic E-state index is 5.74. The van der Waals surface area contributed by atoms with E-state index in [4.69, 9.17) is 26.1 Å². The van der Waals surface area contributed by atoms with Crippen molar-refractivity contribution < 1.29 is 13.9 Å². The number of furan rings is 1. The third kappa shape index (κ3) is 2.40. The van der Waals surface area contributed by atoms with Crippen molar-refractivity contribution in [3.8, 4) is 11.5 Å². The first-order chi connectivity index (χ1) is 12.8. The smallest absolute Gasteiger partial charge is 0.231 e. The Bertz CT molecular complexity index is 946. The molecule has 0 bridgehead atoms. The fourth-order valence-corrected chi connectivity index (χ4v) is 3.76. The van der Waals surface area contributed by atoms with Crippen molar-refractivity contribution in [1.82, 2.24) is 10.3 Å². The number of thiocarbonyl (C=S) groups is 1. The average molecular weight is 365 g/mol. The first-order valence-corrected chi connectivity index (χ1v) is 8.66. The lowest BCUT2D eigenvalue weighted by Crippen LogP contribution is -2.29. The van der Waals surface area contributed by atoms with Crippen LogP contribution in [0.2, 0.25) is 0 Å². The average Bonchev–Trinajstić information content (AvgIpc) is 3.41. The van der Waals surface area contributed by atoms with E-state index < -0.39 is 0 Å². The van der Waals surface area contributed by atoms with Crippen LogP contribution in [0.1, 0.15) is 23.5 Å². The topological polar surface area (TPSA) is 59.8 Å². The molecule has 1 fully saturated rings. The molecule has 0 aliphatic carbocycles. The maximum Gasteiger partial charge on any atom is 0.231 e. The molecule has 2 unspecified atom stereocenters. The number of anilines is 1. The Morgan fingerprint density at radius 1 is 1.08 bits per heavy atom. The summed E-state index contributed by atoms with van der Waals surface area (Å²) in [7, 11) is 0. The van der Waals surface area contributed by atoms with E-state index in [1.54, 1.807) is 12.5 Å². The summed E-state index contributed by atoms with van der Waals surface area (Å²) in [5.41, 5.74) is 1.81. The van der Waals surface area contributed by atoms with Crippen molar-refractivity contribution in [2.75, 3.05) is 11.7 Å². The molecule has 3 aromatic rings. The summed E-state index contributed by atoms with van der Waals surface area (Å²) in [6, 6.07) is 15.2. The summed E-state index contributed by atoms with van der Waals surface area (Å²) in [4.78, 5) is 6.54. The van der Waals surface area contributed by atoms with Gasteiger partial charge in [0, 0.05) is 18.0 Å². The Labute approximate surface area is 155 Å². The monoisotopic (exact) mass is 365 g/mol. The zero-order valence-electron chi connectivity index (χ0n) is 13.7. The summed E-state index contributed by atoms with van der Waals surface area (Å²) in [6.45, 7) is 0.236. The van der Waals surface area contributed by atoms with E-state index in [0.29, 0.717) is 10.9 Å². The van der Waals surface area contributed by atoms with E-state index in [1.807, 2.05) is 53.4 Å². The number of hydrogen-bond donors (Lipinski definition) is 1. The molecule has 0 spiro atoms. The first-order valence-electron chi connectivity index (χ1n) is 8.25. The van der Waals surface area contributed by atoms with Gasteiger partial charge in [-0.1, -0.05) is 6.07 Å². The van der Waals surface area contributed by atoms with Crippen LogP contribution in [0.15, 0.2) is 65.4 Å². The second-order valence-corrected chi connectivity index (χ2v) is 6.44. The van der Waals surface area contributed by atoms with Gasteiger partial charge in [0.2, 0.25) is 6.79 Å². The minimum absolute atomic E-state index is 0.125. The van der Waals surface area contributed by atoms with E-state index in [1.165, 1.54) is 0 Å². The van der Waals surface area contributed by atoms with Gasteiger partial charge in [0.25, 0.3) is 0 Å². The molecule has 0 radical (unpaired) electrons. The number of hydrogen-bond acceptors (Lipinski definition) is 5. The van der Waals surface area contributed by atoms with Gasteiger partial charge in [-0.2, -0.15) is 0 Å². The van der Waals surface area contributed by atoms with Crippen LogP contribution in [0, 0.1) is 0 Å². The van der Waals surface area contributed by atoms with Crippen LogP contribution < -0.4 is 19.7 Å². The van der Waals surface area contributed by atoms with Gasteiger partial charge in [-0.15, -0.1) is 0 Å². The predicted octanol–water partition coefficient (Wildman–Crippen LogP) is 3.58. The molecular weight excluding hydrogens is 350 g/mol. The predicted molar refractivity (Wildman–Crippen MR) is 99.2 cm³/mol. The number of pyridine rings is 1. The van der Waals surface area contributed by atoms with Crippen LogP contribution in [0.3, 0.4) is 0 Å². The van der Waals surface area contributed by atoms with Crippen LogP contribution >= 0.6 is 12.2 Å². The van der Waals surface area contributed by atoms with Crippen LogP contribution in [0.25, 0.3) is 0 Å². The molecule has 26 heavy (non-hydrogen) atoms. The van der Waals surface area contributed by atoms with Gasteiger partial charge in [0.15, 0.2) is 16.6 Å². The van der Waals surface area contributed by atoms with Gasteiger partial charge in [-0.25, -0.2) is 0 Å². The molecule has 2 aromatic heterocycles. The molecule has 1 aromatic carbocycles. The Morgan fingerprint density at radius 3 is 2.81 bits per heavy atom. The van der Waals surface area contributed by atoms with Gasteiger partial charge < -0.3 is 24.1 Å². The molecule has 1 saturated heterocycles. The fourth-order valence-electron chi connectivity index (χ4n) is 3.42. The van der Waals surface area contributed by atoms with Gasteiger partial charge in [0.05, 0.1) is 18.0 Å². The standard InChI is InChI=1S/C19H15N3O3S/c26-19-21-17(13-4-1-2-8-20-13)18(15-5-3-9-23-15)22(19)12-6-7-14-16(10-12)25-11-24-14/h1-10,17-18H,11H2,(H,21,26). The Balaban J connectivity index is 1.60. The highest BCUT2D eigenvalue weighted by Crippen LogP contribution is 2.44. The quantitative estimate of drug-likeness (QED) is 0.712. The van der Waals surface area contributed by atoms with Gasteiger partial charge >= 0.3 is 0 Å². The molecule has 130 valence electrons. The van der Waals surface area contributed by atoms with Gasteiger partial charge in [-0.3, -0.25) is 4.98 Å². The summed E-state index contributed by atoms with van der Waals surface area (Å²) >= 11 is 5.65. The summed E-state index contributed by atoms with van der Waals surface area (Å²) < 4.78 is 16.7. The molecular formula is C19H15N3O3S. The number of aromatic nitrogens is 1. The SMILES string of the molecule is S=C1NC(c2ccccn2)C(c2ccco2)N1c1ccc2c(c1)OCO2. The summed E-state index contributed by atoms with van der Waals surface area (Å²) in [5, 5.41) is 4.00. The van der Waals surface area contributed by atoms with E-state index >= 15 is 0 Å². The Kier molecular flexibility index (Phi) is 3.53. The van der Waals surface area contributed by atoms with Crippen molar-refractivity contribution in [3.63, 3.8) is 0 Å². The molecule has 0 saturated carbocycles. The fraction of sp³-hybridized carbons (Fsp3) is 0.158. The highest BCUT2D eigenvalue weighted by atomic mass is 32.1. The largest absolute Gasteiger partial charge is 0.467 e. The molecule has 4 heterocycles. The lowest BCUT2D eigenvalue weighted by atomic mass is 10.0. The molecule has 2 aliphatic rings. The van der Waals surface area contributed by atoms with Crippen molar-refractivity contribution in [2.45, 2.75) is 12.1 Å². The van der Waals surface area contributed by atoms with E-state index in [0.717, 1.165) is 22.9 Å². The number of benzene rings is 1. The number of nitrogens with one attached hydrogen (secondary N) is 1. The maximum absolute atomic E-state index is 5.74. The second-order valence-electron chi connectivity index (χ2n) is 6.05. The minimum Gasteiger partial charge on any atom is -0.467 e. The van der Waals surface area contributed by atoms with Crippen molar-refractivity contribution in [2.24, 2.45) is 0 Å². The van der Waals surface area contributed by atoms with Crippen LogP contribution in [0.4, 0.5) is 5.69 Å². The highest BCUT2D eigenvalue weighted by molar-refractivity contribution is 7.80. The number of ether oxygens (including phenoxy) is 2.